The molecule has 0 radical (unpaired) electrons. The van der Waals surface area contributed by atoms with Crippen LogP contribution in [0.3, 0.4) is 0 Å². The summed E-state index contributed by atoms with van der Waals surface area (Å²) in [6.07, 6.45) is 0.0565. The Bertz CT molecular complexity index is 1000. The van der Waals surface area contributed by atoms with Crippen molar-refractivity contribution < 1.29 is 23.4 Å². The van der Waals surface area contributed by atoms with E-state index in [4.69, 9.17) is 4.74 Å². The van der Waals surface area contributed by atoms with Gasteiger partial charge in [-0.15, -0.1) is 0 Å². The van der Waals surface area contributed by atoms with Crippen molar-refractivity contribution >= 4 is 15.7 Å². The summed E-state index contributed by atoms with van der Waals surface area (Å²) in [6, 6.07) is 12.2. The van der Waals surface area contributed by atoms with E-state index in [0.29, 0.717) is 43.1 Å². The number of aliphatic hydroxyl groups excluding tert-OH is 2. The Morgan fingerprint density at radius 1 is 1.09 bits per heavy atom. The van der Waals surface area contributed by atoms with Crippen LogP contribution in [0.25, 0.3) is 0 Å². The zero-order valence-electron chi connectivity index (χ0n) is 19.8. The van der Waals surface area contributed by atoms with Gasteiger partial charge in [-0.1, -0.05) is 39.0 Å². The molecule has 3 rings (SSSR count). The number of aliphatic hydroxyl groups is 2. The smallest absolute Gasteiger partial charge is 0.264 e. The van der Waals surface area contributed by atoms with Gasteiger partial charge in [0.1, 0.15) is 0 Å². The highest BCUT2D eigenvalue weighted by atomic mass is 32.2. The molecule has 1 heterocycles. The minimum Gasteiger partial charge on any atom is -0.392 e. The largest absolute Gasteiger partial charge is 0.392 e. The maximum Gasteiger partial charge on any atom is 0.264 e. The quantitative estimate of drug-likeness (QED) is 0.548. The molecular weight excluding hydrogens is 440 g/mol. The van der Waals surface area contributed by atoms with Crippen LogP contribution in [-0.4, -0.2) is 62.9 Å². The van der Waals surface area contributed by atoms with E-state index < -0.39 is 16.1 Å². The summed E-state index contributed by atoms with van der Waals surface area (Å²) < 4.78 is 34.1. The summed E-state index contributed by atoms with van der Waals surface area (Å²) in [5, 5.41) is 20.7. The zero-order chi connectivity index (χ0) is 24.0. The van der Waals surface area contributed by atoms with Gasteiger partial charge in [0.25, 0.3) is 10.0 Å². The molecule has 33 heavy (non-hydrogen) atoms. The van der Waals surface area contributed by atoms with Crippen molar-refractivity contribution in [2.24, 2.45) is 5.92 Å². The van der Waals surface area contributed by atoms with Gasteiger partial charge in [-0.05, 0) is 53.3 Å². The lowest BCUT2D eigenvalue weighted by atomic mass is 10.0. The molecule has 1 aliphatic heterocycles. The van der Waals surface area contributed by atoms with Crippen LogP contribution in [0.4, 0.5) is 5.69 Å². The average Bonchev–Trinajstić information content (AvgIpc) is 2.82. The van der Waals surface area contributed by atoms with Crippen LogP contribution in [0.15, 0.2) is 47.4 Å². The summed E-state index contributed by atoms with van der Waals surface area (Å²) in [5.74, 6) is 0.123. The number of aryl methyl sites for hydroxylation is 1. The van der Waals surface area contributed by atoms with Crippen molar-refractivity contribution in [3.63, 3.8) is 0 Å². The molecule has 1 atom stereocenters. The van der Waals surface area contributed by atoms with Crippen LogP contribution >= 0.6 is 0 Å². The van der Waals surface area contributed by atoms with E-state index in [-0.39, 0.29) is 17.4 Å². The van der Waals surface area contributed by atoms with Crippen molar-refractivity contribution in [2.75, 3.05) is 43.7 Å². The van der Waals surface area contributed by atoms with Crippen molar-refractivity contribution in [3.05, 3.63) is 59.2 Å². The standard InChI is InChI=1S/C25H36N2O5S/c1-4-20-5-7-22(8-6-20)27(16-19(2)3)33(30,31)23-9-10-24(21(15-23)18-28)25(29)17-26-11-13-32-14-12-26/h5-10,15,19,25,28-29H,4,11-14,16-18H2,1-3H3/t25-/m1/s1. The minimum atomic E-state index is -3.86. The lowest BCUT2D eigenvalue weighted by Crippen LogP contribution is -2.39. The summed E-state index contributed by atoms with van der Waals surface area (Å²) in [4.78, 5) is 2.21. The number of morpholine rings is 1. The molecule has 1 fully saturated rings. The molecule has 0 spiro atoms. The summed E-state index contributed by atoms with van der Waals surface area (Å²) >= 11 is 0. The molecule has 0 aliphatic carbocycles. The molecule has 0 aromatic heterocycles. The molecule has 0 amide bonds. The second-order valence-corrected chi connectivity index (χ2v) is 10.8. The van der Waals surface area contributed by atoms with Crippen molar-refractivity contribution in [1.29, 1.82) is 0 Å². The number of nitrogens with zero attached hydrogens (tertiary/aromatic N) is 2. The highest BCUT2D eigenvalue weighted by molar-refractivity contribution is 7.92. The van der Waals surface area contributed by atoms with Gasteiger partial charge in [-0.25, -0.2) is 8.42 Å². The van der Waals surface area contributed by atoms with Gasteiger partial charge in [0.2, 0.25) is 0 Å². The fourth-order valence-electron chi connectivity index (χ4n) is 4.03. The number of sulfonamides is 1. The fraction of sp³-hybridized carbons (Fsp3) is 0.520. The molecular formula is C25H36N2O5S. The normalized spacial score (nSPS) is 16.2. The molecule has 182 valence electrons. The van der Waals surface area contributed by atoms with Gasteiger partial charge < -0.3 is 14.9 Å². The number of ether oxygens (including phenoxy) is 1. The second kappa shape index (κ2) is 11.4. The van der Waals surface area contributed by atoms with E-state index in [1.807, 2.05) is 38.1 Å². The van der Waals surface area contributed by atoms with Crippen molar-refractivity contribution in [3.8, 4) is 0 Å². The Balaban J connectivity index is 1.91. The lowest BCUT2D eigenvalue weighted by molar-refractivity contribution is 0.0140. The summed E-state index contributed by atoms with van der Waals surface area (Å²) in [5.41, 5.74) is 2.72. The zero-order valence-corrected chi connectivity index (χ0v) is 20.6. The van der Waals surface area contributed by atoms with Crippen LogP contribution in [0, 0.1) is 5.92 Å². The van der Waals surface area contributed by atoms with Gasteiger partial charge in [0.05, 0.1) is 36.5 Å². The molecule has 0 bridgehead atoms. The van der Waals surface area contributed by atoms with Gasteiger partial charge >= 0.3 is 0 Å². The molecule has 0 unspecified atom stereocenters. The van der Waals surface area contributed by atoms with Crippen LogP contribution in [-0.2, 0) is 27.8 Å². The number of anilines is 1. The van der Waals surface area contributed by atoms with Crippen molar-refractivity contribution in [2.45, 2.75) is 44.8 Å². The molecule has 2 aromatic rings. The van der Waals surface area contributed by atoms with E-state index in [1.165, 1.54) is 16.4 Å². The Kier molecular flexibility index (Phi) is 8.89. The lowest BCUT2D eigenvalue weighted by Gasteiger charge is -2.29. The van der Waals surface area contributed by atoms with E-state index in [0.717, 1.165) is 25.1 Å². The third-order valence-electron chi connectivity index (χ3n) is 5.93. The van der Waals surface area contributed by atoms with Crippen LogP contribution in [0.1, 0.15) is 43.6 Å². The second-order valence-electron chi connectivity index (χ2n) is 8.90. The molecule has 2 N–H and O–H groups in total. The van der Waals surface area contributed by atoms with E-state index in [2.05, 4.69) is 11.8 Å². The predicted molar refractivity (Wildman–Crippen MR) is 130 cm³/mol. The minimum absolute atomic E-state index is 0.106. The first-order valence-corrected chi connectivity index (χ1v) is 13.0. The molecule has 1 aliphatic rings. The van der Waals surface area contributed by atoms with Crippen molar-refractivity contribution in [1.82, 2.24) is 4.90 Å². The monoisotopic (exact) mass is 476 g/mol. The highest BCUT2D eigenvalue weighted by Gasteiger charge is 2.27. The van der Waals surface area contributed by atoms with Gasteiger partial charge in [0, 0.05) is 26.2 Å². The topological polar surface area (TPSA) is 90.3 Å². The average molecular weight is 477 g/mol. The fourth-order valence-corrected chi connectivity index (χ4v) is 5.71. The van der Waals surface area contributed by atoms with E-state index in [9.17, 15) is 18.6 Å². The number of hydrogen-bond acceptors (Lipinski definition) is 6. The molecule has 0 saturated carbocycles. The predicted octanol–water partition coefficient (Wildman–Crippen LogP) is 2.96. The third kappa shape index (κ3) is 6.33. The Morgan fingerprint density at radius 2 is 1.76 bits per heavy atom. The number of rotatable bonds is 10. The number of β-amino-alcohol motifs (C(OH)–C–C–N with tert-alkyl or cyclic N) is 1. The Hall–Kier alpha value is -1.97. The first-order valence-electron chi connectivity index (χ1n) is 11.6. The highest BCUT2D eigenvalue weighted by Crippen LogP contribution is 2.29. The molecule has 7 nitrogen and oxygen atoms in total. The SMILES string of the molecule is CCc1ccc(N(CC(C)C)S(=O)(=O)c2ccc([C@H](O)CN3CCOCC3)c(CO)c2)cc1. The molecule has 1 saturated heterocycles. The Labute approximate surface area is 197 Å². The van der Waals surface area contributed by atoms with Gasteiger partial charge in [-0.3, -0.25) is 9.21 Å². The van der Waals surface area contributed by atoms with Crippen LogP contribution in [0.5, 0.6) is 0 Å². The molecule has 2 aromatic carbocycles. The van der Waals surface area contributed by atoms with E-state index >= 15 is 0 Å². The third-order valence-corrected chi connectivity index (χ3v) is 7.72. The number of benzene rings is 2. The van der Waals surface area contributed by atoms with Gasteiger partial charge in [0.15, 0.2) is 0 Å². The van der Waals surface area contributed by atoms with Gasteiger partial charge in [-0.2, -0.15) is 0 Å². The maximum absolute atomic E-state index is 13.6. The first-order chi connectivity index (χ1) is 15.8. The Morgan fingerprint density at radius 3 is 2.33 bits per heavy atom. The summed E-state index contributed by atoms with van der Waals surface area (Å²) in [7, 11) is -3.86. The summed E-state index contributed by atoms with van der Waals surface area (Å²) in [6.45, 7) is 9.13. The number of hydrogen-bond donors (Lipinski definition) is 2. The van der Waals surface area contributed by atoms with E-state index in [1.54, 1.807) is 6.07 Å². The van der Waals surface area contributed by atoms with Crippen LogP contribution in [0.2, 0.25) is 0 Å². The first kappa shape index (κ1) is 25.6. The molecule has 8 heteroatoms. The maximum atomic E-state index is 13.6. The van der Waals surface area contributed by atoms with Crippen LogP contribution < -0.4 is 4.31 Å².